The van der Waals surface area contributed by atoms with Crippen LogP contribution in [0.25, 0.3) is 0 Å². The molecule has 1 aromatic heterocycles. The van der Waals surface area contributed by atoms with Crippen LogP contribution in [0, 0.1) is 5.92 Å². The van der Waals surface area contributed by atoms with E-state index in [9.17, 15) is 9.59 Å². The first kappa shape index (κ1) is 16.3. The quantitative estimate of drug-likeness (QED) is 0.906. The van der Waals surface area contributed by atoms with Gasteiger partial charge < -0.3 is 10.0 Å². The van der Waals surface area contributed by atoms with Crippen LogP contribution < -0.4 is 0 Å². The Morgan fingerprint density at radius 3 is 2.71 bits per heavy atom. The van der Waals surface area contributed by atoms with E-state index in [1.54, 1.807) is 4.90 Å². The van der Waals surface area contributed by atoms with Crippen molar-refractivity contribution in [2.45, 2.75) is 19.3 Å². The number of piperidine rings is 1. The van der Waals surface area contributed by atoms with Gasteiger partial charge in [0.15, 0.2) is 0 Å². The molecule has 2 heterocycles. The third kappa shape index (κ3) is 3.78. The van der Waals surface area contributed by atoms with Crippen molar-refractivity contribution in [2.24, 2.45) is 5.92 Å². The van der Waals surface area contributed by atoms with Gasteiger partial charge in [0.1, 0.15) is 5.69 Å². The van der Waals surface area contributed by atoms with Gasteiger partial charge in [-0.05, 0) is 18.8 Å². The Bertz CT molecular complexity index is 580. The zero-order valence-electron chi connectivity index (χ0n) is 11.0. The molecule has 1 amide bonds. The molecule has 1 aliphatic heterocycles. The number of nitrogens with zero attached hydrogens (tertiary/aromatic N) is 2. The molecule has 114 valence electrons. The van der Waals surface area contributed by atoms with E-state index < -0.39 is 5.97 Å². The minimum absolute atomic E-state index is 0.0227. The number of likely N-dealkylation sites (tertiary alicyclic amines) is 1. The number of carboxylic acids is 1. The molecule has 5 nitrogen and oxygen atoms in total. The van der Waals surface area contributed by atoms with E-state index in [1.165, 1.54) is 6.20 Å². The molecule has 0 saturated carbocycles. The molecule has 1 unspecified atom stereocenters. The maximum absolute atomic E-state index is 12.4. The molecule has 1 atom stereocenters. The first-order valence-electron chi connectivity index (χ1n) is 6.40. The smallest absolute Gasteiger partial charge is 0.303 e. The van der Waals surface area contributed by atoms with Crippen LogP contribution >= 0.6 is 34.8 Å². The minimum Gasteiger partial charge on any atom is -0.481 e. The average molecular weight is 352 g/mol. The number of amides is 1. The summed E-state index contributed by atoms with van der Waals surface area (Å²) in [4.78, 5) is 28.7. The summed E-state index contributed by atoms with van der Waals surface area (Å²) in [6, 6.07) is 0. The number of halogens is 3. The molecule has 0 radical (unpaired) electrons. The van der Waals surface area contributed by atoms with Gasteiger partial charge in [-0.15, -0.1) is 0 Å². The molecule has 1 fully saturated rings. The standard InChI is InChI=1S/C13H13Cl3N2O3/c14-8-5-17-12(11(16)10(8)15)13(21)18-3-1-2-7(6-18)4-9(19)20/h5,7H,1-4,6H2,(H,19,20). The Balaban J connectivity index is 2.16. The van der Waals surface area contributed by atoms with E-state index in [4.69, 9.17) is 39.9 Å². The molecular formula is C13H13Cl3N2O3. The number of carboxylic acid groups (broad SMARTS) is 1. The third-order valence-corrected chi connectivity index (χ3v) is 4.63. The van der Waals surface area contributed by atoms with Crippen molar-refractivity contribution >= 4 is 46.7 Å². The van der Waals surface area contributed by atoms with E-state index >= 15 is 0 Å². The van der Waals surface area contributed by atoms with Gasteiger partial charge in [0.05, 0.1) is 15.1 Å². The molecule has 8 heteroatoms. The van der Waals surface area contributed by atoms with E-state index in [0.717, 1.165) is 12.8 Å². The summed E-state index contributed by atoms with van der Waals surface area (Å²) in [5, 5.41) is 9.15. The molecule has 2 rings (SSSR count). The van der Waals surface area contributed by atoms with E-state index in [1.807, 2.05) is 0 Å². The highest BCUT2D eigenvalue weighted by molar-refractivity contribution is 6.48. The molecule has 21 heavy (non-hydrogen) atoms. The largest absolute Gasteiger partial charge is 0.481 e. The van der Waals surface area contributed by atoms with Gasteiger partial charge >= 0.3 is 5.97 Å². The molecule has 0 bridgehead atoms. The molecule has 1 aromatic rings. The number of carbonyl (C=O) groups excluding carboxylic acids is 1. The highest BCUT2D eigenvalue weighted by atomic mass is 35.5. The van der Waals surface area contributed by atoms with Crippen molar-refractivity contribution in [2.75, 3.05) is 13.1 Å². The van der Waals surface area contributed by atoms with Crippen LogP contribution in [0.15, 0.2) is 6.20 Å². The molecule has 1 N–H and O–H groups in total. The van der Waals surface area contributed by atoms with Crippen molar-refractivity contribution < 1.29 is 14.7 Å². The van der Waals surface area contributed by atoms with Crippen LogP contribution in [0.3, 0.4) is 0 Å². The number of hydrogen-bond donors (Lipinski definition) is 1. The highest BCUT2D eigenvalue weighted by Gasteiger charge is 2.28. The van der Waals surface area contributed by atoms with Crippen molar-refractivity contribution in [1.29, 1.82) is 0 Å². The zero-order valence-corrected chi connectivity index (χ0v) is 13.3. The lowest BCUT2D eigenvalue weighted by Gasteiger charge is -2.32. The maximum atomic E-state index is 12.4. The Hall–Kier alpha value is -1.04. The monoisotopic (exact) mass is 350 g/mol. The lowest BCUT2D eigenvalue weighted by atomic mass is 9.94. The summed E-state index contributed by atoms with van der Waals surface area (Å²) in [5.41, 5.74) is 0.0436. The maximum Gasteiger partial charge on any atom is 0.303 e. The summed E-state index contributed by atoms with van der Waals surface area (Å²) in [6.07, 6.45) is 2.87. The molecule has 0 aromatic carbocycles. The van der Waals surface area contributed by atoms with Crippen LogP contribution in [-0.2, 0) is 4.79 Å². The SMILES string of the molecule is O=C(O)CC1CCCN(C(=O)c2ncc(Cl)c(Cl)c2Cl)C1. The summed E-state index contributed by atoms with van der Waals surface area (Å²) in [7, 11) is 0. The van der Waals surface area contributed by atoms with Crippen LogP contribution in [0.4, 0.5) is 0 Å². The Labute approximate surface area is 136 Å². The molecular weight excluding hydrogens is 339 g/mol. The first-order valence-corrected chi connectivity index (χ1v) is 7.54. The third-order valence-electron chi connectivity index (χ3n) is 3.39. The fourth-order valence-electron chi connectivity index (χ4n) is 2.41. The normalized spacial score (nSPS) is 18.6. The summed E-state index contributed by atoms with van der Waals surface area (Å²) in [6.45, 7) is 0.927. The highest BCUT2D eigenvalue weighted by Crippen LogP contribution is 2.32. The lowest BCUT2D eigenvalue weighted by molar-refractivity contribution is -0.138. The summed E-state index contributed by atoms with van der Waals surface area (Å²) >= 11 is 17.7. The van der Waals surface area contributed by atoms with Gasteiger partial charge in [0.2, 0.25) is 0 Å². The number of rotatable bonds is 3. The summed E-state index contributed by atoms with van der Waals surface area (Å²) < 4.78 is 0. The predicted molar refractivity (Wildman–Crippen MR) is 80.1 cm³/mol. The van der Waals surface area contributed by atoms with Crippen molar-refractivity contribution in [3.05, 3.63) is 27.0 Å². The second-order valence-corrected chi connectivity index (χ2v) is 6.10. The van der Waals surface area contributed by atoms with E-state index in [0.29, 0.717) is 13.1 Å². The predicted octanol–water partition coefficient (Wildman–Crippen LogP) is 3.37. The van der Waals surface area contributed by atoms with Crippen LogP contribution in [0.1, 0.15) is 29.8 Å². The zero-order chi connectivity index (χ0) is 15.6. The Morgan fingerprint density at radius 2 is 2.05 bits per heavy atom. The van der Waals surface area contributed by atoms with Crippen LogP contribution in [0.5, 0.6) is 0 Å². The number of hydrogen-bond acceptors (Lipinski definition) is 3. The first-order chi connectivity index (χ1) is 9.90. The van der Waals surface area contributed by atoms with Crippen molar-refractivity contribution in [3.8, 4) is 0 Å². The van der Waals surface area contributed by atoms with Gasteiger partial charge in [0, 0.05) is 25.7 Å². The number of pyridine rings is 1. The van der Waals surface area contributed by atoms with Gasteiger partial charge in [-0.2, -0.15) is 0 Å². The minimum atomic E-state index is -0.861. The van der Waals surface area contributed by atoms with Crippen molar-refractivity contribution in [1.82, 2.24) is 9.88 Å². The Morgan fingerprint density at radius 1 is 1.33 bits per heavy atom. The lowest BCUT2D eigenvalue weighted by Crippen LogP contribution is -2.41. The molecule has 0 aliphatic carbocycles. The van der Waals surface area contributed by atoms with Crippen LogP contribution in [-0.4, -0.2) is 40.0 Å². The molecule has 0 spiro atoms. The van der Waals surface area contributed by atoms with Gasteiger partial charge in [0.25, 0.3) is 5.91 Å². The fraction of sp³-hybridized carbons (Fsp3) is 0.462. The second kappa shape index (κ2) is 6.81. The molecule has 1 saturated heterocycles. The van der Waals surface area contributed by atoms with E-state index in [-0.39, 0.29) is 39.0 Å². The molecule has 1 aliphatic rings. The number of aliphatic carboxylic acids is 1. The number of aromatic nitrogens is 1. The number of carbonyl (C=O) groups is 2. The average Bonchev–Trinajstić information content (AvgIpc) is 2.44. The van der Waals surface area contributed by atoms with Crippen LogP contribution in [0.2, 0.25) is 15.1 Å². The second-order valence-electron chi connectivity index (χ2n) is 4.94. The topological polar surface area (TPSA) is 70.5 Å². The van der Waals surface area contributed by atoms with Gasteiger partial charge in [-0.3, -0.25) is 9.59 Å². The fourth-order valence-corrected chi connectivity index (χ4v) is 2.97. The van der Waals surface area contributed by atoms with Crippen molar-refractivity contribution in [3.63, 3.8) is 0 Å². The summed E-state index contributed by atoms with van der Waals surface area (Å²) in [5.74, 6) is -1.27. The van der Waals surface area contributed by atoms with Gasteiger partial charge in [-0.25, -0.2) is 4.98 Å². The Kier molecular flexibility index (Phi) is 5.30. The van der Waals surface area contributed by atoms with E-state index in [2.05, 4.69) is 4.98 Å². The van der Waals surface area contributed by atoms with Gasteiger partial charge in [-0.1, -0.05) is 34.8 Å².